The van der Waals surface area contributed by atoms with E-state index in [4.69, 9.17) is 9.47 Å². The van der Waals surface area contributed by atoms with Gasteiger partial charge in [-0.25, -0.2) is 0 Å². The molecule has 1 saturated heterocycles. The number of halogens is 3. The zero-order valence-electron chi connectivity index (χ0n) is 19.4. The van der Waals surface area contributed by atoms with Gasteiger partial charge in [-0.05, 0) is 36.4 Å². The van der Waals surface area contributed by atoms with Gasteiger partial charge in [0.25, 0.3) is 0 Å². The Balaban J connectivity index is 1.32. The number of rotatable bonds is 7. The SMILES string of the molecule is CC(C)C(=O)OCc1nnc(-c2ccc(N3CCC(Oc4ccccc4C(F)(F)F)CC3)cc2)s1. The number of para-hydroxylation sites is 1. The number of piperidine rings is 1. The van der Waals surface area contributed by atoms with E-state index >= 15 is 0 Å². The third-order valence-corrected chi connectivity index (χ3v) is 6.63. The van der Waals surface area contributed by atoms with Crippen LogP contribution in [0.5, 0.6) is 5.75 Å². The van der Waals surface area contributed by atoms with Gasteiger partial charge in [0.1, 0.15) is 23.5 Å². The zero-order valence-corrected chi connectivity index (χ0v) is 20.2. The van der Waals surface area contributed by atoms with Gasteiger partial charge < -0.3 is 14.4 Å². The molecule has 1 aromatic heterocycles. The number of hydrogen-bond acceptors (Lipinski definition) is 7. The van der Waals surface area contributed by atoms with Crippen molar-refractivity contribution in [3.63, 3.8) is 0 Å². The summed E-state index contributed by atoms with van der Waals surface area (Å²) in [6.45, 7) is 5.03. The third kappa shape index (κ3) is 6.30. The first kappa shape index (κ1) is 25.0. The van der Waals surface area contributed by atoms with Gasteiger partial charge in [-0.1, -0.05) is 37.3 Å². The number of nitrogens with zero attached hydrogens (tertiary/aromatic N) is 3. The van der Waals surface area contributed by atoms with Crippen LogP contribution in [0.2, 0.25) is 0 Å². The molecule has 2 heterocycles. The molecular formula is C25H26F3N3O3S. The van der Waals surface area contributed by atoms with Crippen molar-refractivity contribution in [3.8, 4) is 16.3 Å². The molecule has 186 valence electrons. The maximum atomic E-state index is 13.2. The highest BCUT2D eigenvalue weighted by Gasteiger charge is 2.35. The number of alkyl halides is 3. The maximum Gasteiger partial charge on any atom is 0.419 e. The van der Waals surface area contributed by atoms with E-state index in [0.717, 1.165) is 22.3 Å². The van der Waals surface area contributed by atoms with Gasteiger partial charge >= 0.3 is 12.1 Å². The average molecular weight is 506 g/mol. The summed E-state index contributed by atoms with van der Waals surface area (Å²) in [5.41, 5.74) is 1.20. The molecule has 0 unspecified atom stereocenters. The van der Waals surface area contributed by atoms with Gasteiger partial charge in [0.05, 0.1) is 11.5 Å². The van der Waals surface area contributed by atoms with Crippen molar-refractivity contribution in [2.24, 2.45) is 5.92 Å². The maximum absolute atomic E-state index is 13.2. The Bertz CT molecular complexity index is 1140. The molecule has 0 bridgehead atoms. The Kier molecular flexibility index (Phi) is 7.59. The highest BCUT2D eigenvalue weighted by molar-refractivity contribution is 7.14. The predicted octanol–water partition coefficient (Wildman–Crippen LogP) is 5.97. The number of carbonyl (C=O) groups is 1. The molecule has 0 N–H and O–H groups in total. The molecule has 1 aliphatic heterocycles. The highest BCUT2D eigenvalue weighted by Crippen LogP contribution is 2.37. The standard InChI is InChI=1S/C25H26F3N3O3S/c1-16(2)24(32)33-15-22-29-30-23(35-22)17-7-9-18(10-8-17)31-13-11-19(12-14-31)34-21-6-4-3-5-20(21)25(26,27)28/h3-10,16,19H,11-15H2,1-2H3. The van der Waals surface area contributed by atoms with E-state index < -0.39 is 11.7 Å². The molecule has 4 rings (SSSR count). The highest BCUT2D eigenvalue weighted by atomic mass is 32.1. The van der Waals surface area contributed by atoms with Crippen molar-refractivity contribution in [1.29, 1.82) is 0 Å². The number of esters is 1. The van der Waals surface area contributed by atoms with E-state index in [9.17, 15) is 18.0 Å². The minimum Gasteiger partial charge on any atom is -0.490 e. The fraction of sp³-hybridized carbons (Fsp3) is 0.400. The van der Waals surface area contributed by atoms with Crippen molar-refractivity contribution in [2.75, 3.05) is 18.0 Å². The van der Waals surface area contributed by atoms with Gasteiger partial charge in [-0.15, -0.1) is 10.2 Å². The van der Waals surface area contributed by atoms with Gasteiger partial charge in [-0.3, -0.25) is 4.79 Å². The van der Waals surface area contributed by atoms with Crippen molar-refractivity contribution in [2.45, 2.75) is 45.6 Å². The monoisotopic (exact) mass is 505 g/mol. The summed E-state index contributed by atoms with van der Waals surface area (Å²) in [6, 6.07) is 13.3. The van der Waals surface area contributed by atoms with Crippen molar-refractivity contribution in [1.82, 2.24) is 10.2 Å². The van der Waals surface area contributed by atoms with Gasteiger partial charge in [0, 0.05) is 37.2 Å². The first-order valence-electron chi connectivity index (χ1n) is 11.4. The number of aromatic nitrogens is 2. The van der Waals surface area contributed by atoms with Crippen molar-refractivity contribution >= 4 is 23.0 Å². The van der Waals surface area contributed by atoms with Crippen LogP contribution in [-0.2, 0) is 22.3 Å². The molecule has 2 aromatic carbocycles. The predicted molar refractivity (Wildman–Crippen MR) is 127 cm³/mol. The number of carbonyl (C=O) groups excluding carboxylic acids is 1. The van der Waals surface area contributed by atoms with Gasteiger partial charge in [0.15, 0.2) is 5.01 Å². The Labute approximate surface area is 205 Å². The Hall–Kier alpha value is -3.14. The zero-order chi connectivity index (χ0) is 25.0. The average Bonchev–Trinajstić information content (AvgIpc) is 3.32. The lowest BCUT2D eigenvalue weighted by molar-refractivity contribution is -0.148. The van der Waals surface area contributed by atoms with E-state index in [2.05, 4.69) is 15.1 Å². The summed E-state index contributed by atoms with van der Waals surface area (Å²) in [6.07, 6.45) is -3.45. The van der Waals surface area contributed by atoms with E-state index in [0.29, 0.717) is 30.9 Å². The van der Waals surface area contributed by atoms with Gasteiger partial charge in [-0.2, -0.15) is 13.2 Å². The van der Waals surface area contributed by atoms with Crippen LogP contribution in [0.4, 0.5) is 18.9 Å². The van der Waals surface area contributed by atoms with E-state index in [1.54, 1.807) is 19.9 Å². The summed E-state index contributed by atoms with van der Waals surface area (Å²) in [5, 5.41) is 9.66. The molecular weight excluding hydrogens is 479 g/mol. The fourth-order valence-electron chi connectivity index (χ4n) is 3.76. The van der Waals surface area contributed by atoms with Crippen LogP contribution in [0, 0.1) is 5.92 Å². The van der Waals surface area contributed by atoms with Crippen LogP contribution in [0.25, 0.3) is 10.6 Å². The normalized spacial score (nSPS) is 14.9. The van der Waals surface area contributed by atoms with Crippen LogP contribution >= 0.6 is 11.3 Å². The van der Waals surface area contributed by atoms with E-state index in [1.165, 1.54) is 23.5 Å². The molecule has 0 aliphatic carbocycles. The van der Waals surface area contributed by atoms with Crippen molar-refractivity contribution < 1.29 is 27.4 Å². The summed E-state index contributed by atoms with van der Waals surface area (Å²) >= 11 is 1.38. The number of anilines is 1. The molecule has 35 heavy (non-hydrogen) atoms. The summed E-state index contributed by atoms with van der Waals surface area (Å²) < 4.78 is 50.6. The Morgan fingerprint density at radius 3 is 2.43 bits per heavy atom. The molecule has 10 heteroatoms. The second-order valence-corrected chi connectivity index (χ2v) is 9.67. The largest absolute Gasteiger partial charge is 0.490 e. The Morgan fingerprint density at radius 2 is 1.77 bits per heavy atom. The molecule has 3 aromatic rings. The smallest absolute Gasteiger partial charge is 0.419 e. The van der Waals surface area contributed by atoms with Crippen LogP contribution in [0.15, 0.2) is 48.5 Å². The second-order valence-electron chi connectivity index (χ2n) is 8.61. The minimum atomic E-state index is -4.44. The Morgan fingerprint density at radius 1 is 1.09 bits per heavy atom. The topological polar surface area (TPSA) is 64.5 Å². The molecule has 0 radical (unpaired) electrons. The molecule has 1 fully saturated rings. The van der Waals surface area contributed by atoms with Crippen LogP contribution < -0.4 is 9.64 Å². The van der Waals surface area contributed by atoms with Gasteiger partial charge in [0.2, 0.25) is 0 Å². The molecule has 6 nitrogen and oxygen atoms in total. The van der Waals surface area contributed by atoms with Crippen LogP contribution in [0.3, 0.4) is 0 Å². The quantitative estimate of drug-likeness (QED) is 0.369. The molecule has 1 aliphatic rings. The minimum absolute atomic E-state index is 0.108. The van der Waals surface area contributed by atoms with Crippen molar-refractivity contribution in [3.05, 3.63) is 59.1 Å². The van der Waals surface area contributed by atoms with E-state index in [-0.39, 0.29) is 30.3 Å². The molecule has 0 amide bonds. The summed E-state index contributed by atoms with van der Waals surface area (Å²) in [4.78, 5) is 13.8. The van der Waals surface area contributed by atoms with E-state index in [1.807, 2.05) is 24.3 Å². The molecule has 0 atom stereocenters. The molecule has 0 saturated carbocycles. The first-order chi connectivity index (χ1) is 16.7. The summed E-state index contributed by atoms with van der Waals surface area (Å²) in [5.74, 6) is -0.578. The van der Waals surface area contributed by atoms with Crippen LogP contribution in [-0.4, -0.2) is 35.4 Å². The first-order valence-corrected chi connectivity index (χ1v) is 12.2. The third-order valence-electron chi connectivity index (χ3n) is 5.68. The molecule has 0 spiro atoms. The lowest BCUT2D eigenvalue weighted by Crippen LogP contribution is -2.38. The number of hydrogen-bond donors (Lipinski definition) is 0. The number of ether oxygens (including phenoxy) is 2. The fourth-order valence-corrected chi connectivity index (χ4v) is 4.52. The number of benzene rings is 2. The summed E-state index contributed by atoms with van der Waals surface area (Å²) in [7, 11) is 0. The second kappa shape index (κ2) is 10.6. The lowest BCUT2D eigenvalue weighted by Gasteiger charge is -2.34. The van der Waals surface area contributed by atoms with Crippen LogP contribution in [0.1, 0.15) is 37.3 Å². The lowest BCUT2D eigenvalue weighted by atomic mass is 10.1.